The molecule has 1 aromatic carbocycles. The van der Waals surface area contributed by atoms with E-state index in [-0.39, 0.29) is 6.04 Å². The van der Waals surface area contributed by atoms with Crippen LogP contribution in [0.25, 0.3) is 5.69 Å². The SMILES string of the molecule is C#CCCC(N)c1cnn(-c2ccccc2)c1. The molecule has 3 nitrogen and oxygen atoms in total. The van der Waals surface area contributed by atoms with Gasteiger partial charge in [0.15, 0.2) is 0 Å². The summed E-state index contributed by atoms with van der Waals surface area (Å²) in [5.74, 6) is 2.60. The van der Waals surface area contributed by atoms with Crippen LogP contribution in [0.4, 0.5) is 0 Å². The number of nitrogens with zero attached hydrogens (tertiary/aromatic N) is 2. The van der Waals surface area contributed by atoms with E-state index in [2.05, 4.69) is 11.0 Å². The van der Waals surface area contributed by atoms with Crippen LogP contribution in [0.5, 0.6) is 0 Å². The van der Waals surface area contributed by atoms with Gasteiger partial charge in [-0.25, -0.2) is 4.68 Å². The van der Waals surface area contributed by atoms with Crippen molar-refractivity contribution in [2.24, 2.45) is 5.73 Å². The van der Waals surface area contributed by atoms with E-state index in [4.69, 9.17) is 12.2 Å². The fourth-order valence-electron chi connectivity index (χ4n) is 1.66. The summed E-state index contributed by atoms with van der Waals surface area (Å²) in [4.78, 5) is 0. The lowest BCUT2D eigenvalue weighted by Gasteiger charge is -2.06. The zero-order chi connectivity index (χ0) is 12.1. The van der Waals surface area contributed by atoms with Crippen molar-refractivity contribution < 1.29 is 0 Å². The first kappa shape index (κ1) is 11.4. The van der Waals surface area contributed by atoms with E-state index in [1.807, 2.05) is 41.2 Å². The number of rotatable bonds is 4. The third kappa shape index (κ3) is 2.74. The van der Waals surface area contributed by atoms with Gasteiger partial charge < -0.3 is 5.73 Å². The molecule has 17 heavy (non-hydrogen) atoms. The van der Waals surface area contributed by atoms with Gasteiger partial charge in [-0.15, -0.1) is 12.3 Å². The number of hydrogen-bond acceptors (Lipinski definition) is 2. The van der Waals surface area contributed by atoms with Crippen molar-refractivity contribution in [1.29, 1.82) is 0 Å². The maximum absolute atomic E-state index is 6.02. The average molecular weight is 225 g/mol. The molecule has 0 fully saturated rings. The lowest BCUT2D eigenvalue weighted by molar-refractivity contribution is 0.667. The lowest BCUT2D eigenvalue weighted by atomic mass is 10.1. The number of aromatic nitrogens is 2. The van der Waals surface area contributed by atoms with Crippen molar-refractivity contribution in [3.63, 3.8) is 0 Å². The minimum absolute atomic E-state index is 0.0384. The topological polar surface area (TPSA) is 43.8 Å². The molecule has 0 amide bonds. The normalized spacial score (nSPS) is 12.0. The molecule has 0 bridgehead atoms. The van der Waals surface area contributed by atoms with Crippen LogP contribution in [0, 0.1) is 12.3 Å². The molecule has 2 N–H and O–H groups in total. The summed E-state index contributed by atoms with van der Waals surface area (Å²) in [5, 5.41) is 4.30. The number of para-hydroxylation sites is 1. The van der Waals surface area contributed by atoms with Gasteiger partial charge in [0.2, 0.25) is 0 Å². The molecule has 0 saturated carbocycles. The van der Waals surface area contributed by atoms with Crippen LogP contribution < -0.4 is 5.73 Å². The molecule has 0 aliphatic heterocycles. The van der Waals surface area contributed by atoms with Crippen molar-refractivity contribution in [1.82, 2.24) is 9.78 Å². The van der Waals surface area contributed by atoms with Crippen molar-refractivity contribution in [2.75, 3.05) is 0 Å². The Kier molecular flexibility index (Phi) is 3.59. The quantitative estimate of drug-likeness (QED) is 0.811. The fraction of sp³-hybridized carbons (Fsp3) is 0.214. The Morgan fingerprint density at radius 1 is 1.35 bits per heavy atom. The van der Waals surface area contributed by atoms with Crippen LogP contribution in [-0.2, 0) is 0 Å². The van der Waals surface area contributed by atoms with E-state index >= 15 is 0 Å². The minimum Gasteiger partial charge on any atom is -0.324 e. The molecule has 1 atom stereocenters. The molecule has 86 valence electrons. The van der Waals surface area contributed by atoms with Crippen LogP contribution in [0.1, 0.15) is 24.4 Å². The highest BCUT2D eigenvalue weighted by molar-refractivity contribution is 5.31. The second-order valence-electron chi connectivity index (χ2n) is 3.90. The maximum atomic E-state index is 6.02. The molecule has 2 rings (SSSR count). The van der Waals surface area contributed by atoms with Crippen molar-refractivity contribution in [2.45, 2.75) is 18.9 Å². The Balaban J connectivity index is 2.14. The third-order valence-corrected chi connectivity index (χ3v) is 2.65. The lowest BCUT2D eigenvalue weighted by Crippen LogP contribution is -2.08. The first-order valence-corrected chi connectivity index (χ1v) is 5.60. The summed E-state index contributed by atoms with van der Waals surface area (Å²) in [6, 6.07) is 9.91. The molecule has 0 aliphatic rings. The molecule has 3 heteroatoms. The van der Waals surface area contributed by atoms with Crippen molar-refractivity contribution >= 4 is 0 Å². The Hall–Kier alpha value is -2.05. The van der Waals surface area contributed by atoms with E-state index in [1.165, 1.54) is 0 Å². The Bertz CT molecular complexity index is 508. The number of benzene rings is 1. The standard InChI is InChI=1S/C14H15N3/c1-2-3-9-14(15)12-10-16-17(11-12)13-7-5-4-6-8-13/h1,4-8,10-11,14H,3,9,15H2. The molecular weight excluding hydrogens is 210 g/mol. The highest BCUT2D eigenvalue weighted by Crippen LogP contribution is 2.16. The van der Waals surface area contributed by atoms with Crippen LogP contribution in [0.15, 0.2) is 42.7 Å². The summed E-state index contributed by atoms with van der Waals surface area (Å²) in [6.45, 7) is 0. The number of terminal acetylenes is 1. The van der Waals surface area contributed by atoms with Gasteiger partial charge in [0.05, 0.1) is 11.9 Å². The summed E-state index contributed by atoms with van der Waals surface area (Å²) < 4.78 is 1.82. The van der Waals surface area contributed by atoms with Gasteiger partial charge in [0.1, 0.15) is 0 Å². The fourth-order valence-corrected chi connectivity index (χ4v) is 1.66. The maximum Gasteiger partial charge on any atom is 0.0645 e. The van der Waals surface area contributed by atoms with Gasteiger partial charge in [-0.2, -0.15) is 5.10 Å². The van der Waals surface area contributed by atoms with Gasteiger partial charge in [0.25, 0.3) is 0 Å². The summed E-state index contributed by atoms with van der Waals surface area (Å²) in [5.41, 5.74) is 8.07. The van der Waals surface area contributed by atoms with E-state index < -0.39 is 0 Å². The van der Waals surface area contributed by atoms with Crippen LogP contribution in [0.3, 0.4) is 0 Å². The largest absolute Gasteiger partial charge is 0.324 e. The average Bonchev–Trinajstić information content (AvgIpc) is 2.86. The van der Waals surface area contributed by atoms with Gasteiger partial charge in [0, 0.05) is 24.2 Å². The van der Waals surface area contributed by atoms with Crippen molar-refractivity contribution in [3.05, 3.63) is 48.3 Å². The molecule has 0 aliphatic carbocycles. The van der Waals surface area contributed by atoms with E-state index in [9.17, 15) is 0 Å². The Morgan fingerprint density at radius 3 is 2.82 bits per heavy atom. The van der Waals surface area contributed by atoms with E-state index in [0.29, 0.717) is 6.42 Å². The van der Waals surface area contributed by atoms with Gasteiger partial charge >= 0.3 is 0 Å². The predicted octanol–water partition coefficient (Wildman–Crippen LogP) is 2.29. The summed E-state index contributed by atoms with van der Waals surface area (Å²) in [6.07, 6.45) is 10.5. The monoisotopic (exact) mass is 225 g/mol. The third-order valence-electron chi connectivity index (χ3n) is 2.65. The Labute approximate surface area is 101 Å². The predicted molar refractivity (Wildman–Crippen MR) is 68.6 cm³/mol. The smallest absolute Gasteiger partial charge is 0.0645 e. The highest BCUT2D eigenvalue weighted by Gasteiger charge is 2.08. The van der Waals surface area contributed by atoms with Crippen LogP contribution in [0.2, 0.25) is 0 Å². The molecule has 1 heterocycles. The number of hydrogen-bond donors (Lipinski definition) is 1. The molecule has 2 aromatic rings. The zero-order valence-electron chi connectivity index (χ0n) is 9.58. The summed E-state index contributed by atoms with van der Waals surface area (Å²) in [7, 11) is 0. The zero-order valence-corrected chi connectivity index (χ0v) is 9.58. The van der Waals surface area contributed by atoms with Gasteiger partial charge in [-0.3, -0.25) is 0 Å². The molecule has 0 radical (unpaired) electrons. The van der Waals surface area contributed by atoms with E-state index in [1.54, 1.807) is 6.20 Å². The second-order valence-corrected chi connectivity index (χ2v) is 3.90. The van der Waals surface area contributed by atoms with Gasteiger partial charge in [-0.05, 0) is 18.6 Å². The van der Waals surface area contributed by atoms with E-state index in [0.717, 1.165) is 17.7 Å². The first-order valence-electron chi connectivity index (χ1n) is 5.60. The number of nitrogens with two attached hydrogens (primary N) is 1. The second kappa shape index (κ2) is 5.33. The van der Waals surface area contributed by atoms with Crippen LogP contribution in [-0.4, -0.2) is 9.78 Å². The molecular formula is C14H15N3. The van der Waals surface area contributed by atoms with Gasteiger partial charge in [-0.1, -0.05) is 18.2 Å². The molecule has 1 aromatic heterocycles. The Morgan fingerprint density at radius 2 is 2.12 bits per heavy atom. The summed E-state index contributed by atoms with van der Waals surface area (Å²) >= 11 is 0. The molecule has 0 spiro atoms. The van der Waals surface area contributed by atoms with Crippen molar-refractivity contribution in [3.8, 4) is 18.0 Å². The highest BCUT2D eigenvalue weighted by atomic mass is 15.3. The van der Waals surface area contributed by atoms with Crippen LogP contribution >= 0.6 is 0 Å². The molecule has 0 saturated heterocycles. The minimum atomic E-state index is -0.0384. The molecule has 1 unspecified atom stereocenters. The first-order chi connectivity index (χ1) is 8.31.